The number of piperazine rings is 1. The van der Waals surface area contributed by atoms with E-state index in [9.17, 15) is 8.42 Å². The Kier molecular flexibility index (Phi) is 5.75. The van der Waals surface area contributed by atoms with Gasteiger partial charge in [-0.05, 0) is 24.6 Å². The Labute approximate surface area is 171 Å². The van der Waals surface area contributed by atoms with Crippen LogP contribution in [0.2, 0.25) is 0 Å². The van der Waals surface area contributed by atoms with Gasteiger partial charge in [0.05, 0.1) is 12.3 Å². The molecule has 1 aromatic heterocycles. The number of aryl methyl sites for hydroxylation is 1. The summed E-state index contributed by atoms with van der Waals surface area (Å²) in [5.41, 5.74) is 2.85. The molecule has 29 heavy (non-hydrogen) atoms. The van der Waals surface area contributed by atoms with Crippen molar-refractivity contribution in [2.45, 2.75) is 19.2 Å². The highest BCUT2D eigenvalue weighted by molar-refractivity contribution is 7.88. The van der Waals surface area contributed by atoms with Crippen LogP contribution < -0.4 is 0 Å². The summed E-state index contributed by atoms with van der Waals surface area (Å²) in [7, 11) is -3.31. The molecule has 0 aliphatic carbocycles. The maximum Gasteiger partial charge on any atom is 0.247 e. The van der Waals surface area contributed by atoms with Gasteiger partial charge in [0.15, 0.2) is 0 Å². The summed E-state index contributed by atoms with van der Waals surface area (Å²) in [5, 5.41) is 8.29. The van der Waals surface area contributed by atoms with Crippen molar-refractivity contribution in [1.29, 1.82) is 0 Å². The van der Waals surface area contributed by atoms with Crippen molar-refractivity contribution in [3.63, 3.8) is 0 Å². The molecule has 2 heterocycles. The summed E-state index contributed by atoms with van der Waals surface area (Å²) >= 11 is 0. The monoisotopic (exact) mass is 412 g/mol. The van der Waals surface area contributed by atoms with Crippen molar-refractivity contribution in [3.05, 3.63) is 71.6 Å². The Morgan fingerprint density at radius 2 is 1.72 bits per heavy atom. The van der Waals surface area contributed by atoms with Crippen LogP contribution >= 0.6 is 0 Å². The molecule has 0 atom stereocenters. The molecule has 0 unspecified atom stereocenters. The highest BCUT2D eigenvalue weighted by Gasteiger charge is 2.27. The average molecular weight is 413 g/mol. The van der Waals surface area contributed by atoms with Crippen LogP contribution in [0.5, 0.6) is 0 Å². The minimum absolute atomic E-state index is 0.0390. The van der Waals surface area contributed by atoms with Gasteiger partial charge < -0.3 is 4.42 Å². The molecule has 0 bridgehead atoms. The Hall–Kier alpha value is -2.55. The van der Waals surface area contributed by atoms with E-state index in [2.05, 4.69) is 15.1 Å². The van der Waals surface area contributed by atoms with E-state index in [4.69, 9.17) is 4.42 Å². The molecular weight excluding hydrogens is 388 g/mol. The summed E-state index contributed by atoms with van der Waals surface area (Å²) in [4.78, 5) is 2.14. The first-order valence-corrected chi connectivity index (χ1v) is 11.2. The van der Waals surface area contributed by atoms with Gasteiger partial charge in [-0.15, -0.1) is 10.2 Å². The molecular formula is C21H24N4O3S. The zero-order valence-electron chi connectivity index (χ0n) is 16.4. The summed E-state index contributed by atoms with van der Waals surface area (Å²) < 4.78 is 32.7. The van der Waals surface area contributed by atoms with Crippen LogP contribution in [-0.2, 0) is 22.3 Å². The fraction of sp³-hybridized carbons (Fsp3) is 0.333. The summed E-state index contributed by atoms with van der Waals surface area (Å²) in [6, 6.07) is 17.2. The van der Waals surface area contributed by atoms with Gasteiger partial charge in [0.25, 0.3) is 0 Å². The number of nitrogens with zero attached hydrogens (tertiary/aromatic N) is 4. The smallest absolute Gasteiger partial charge is 0.247 e. The Morgan fingerprint density at radius 3 is 2.45 bits per heavy atom. The third-order valence-electron chi connectivity index (χ3n) is 5.01. The standard InChI is InChI=1S/C21H24N4O3S/c1-17-6-5-9-19(14-17)21-23-22-20(28-21)15-24-10-12-25(13-11-24)29(26,27)16-18-7-3-2-4-8-18/h2-9,14H,10-13,15-16H2,1H3. The fourth-order valence-corrected chi connectivity index (χ4v) is 4.96. The molecule has 7 nitrogen and oxygen atoms in total. The highest BCUT2D eigenvalue weighted by atomic mass is 32.2. The normalized spacial score (nSPS) is 16.2. The lowest BCUT2D eigenvalue weighted by molar-refractivity contribution is 0.168. The molecule has 1 aliphatic rings. The molecule has 8 heteroatoms. The van der Waals surface area contributed by atoms with Crippen LogP contribution in [0.15, 0.2) is 59.0 Å². The second kappa shape index (κ2) is 8.44. The third-order valence-corrected chi connectivity index (χ3v) is 6.86. The van der Waals surface area contributed by atoms with E-state index >= 15 is 0 Å². The van der Waals surface area contributed by atoms with Crippen LogP contribution in [0.25, 0.3) is 11.5 Å². The molecule has 4 rings (SSSR count). The van der Waals surface area contributed by atoms with Crippen LogP contribution in [0, 0.1) is 6.92 Å². The number of hydrogen-bond donors (Lipinski definition) is 0. The molecule has 0 spiro atoms. The first kappa shape index (κ1) is 19.8. The lowest BCUT2D eigenvalue weighted by atomic mass is 10.1. The predicted molar refractivity (Wildman–Crippen MR) is 110 cm³/mol. The maximum atomic E-state index is 12.7. The average Bonchev–Trinajstić information content (AvgIpc) is 3.17. The number of hydrogen-bond acceptors (Lipinski definition) is 6. The Morgan fingerprint density at radius 1 is 0.966 bits per heavy atom. The maximum absolute atomic E-state index is 12.7. The van der Waals surface area contributed by atoms with Crippen LogP contribution in [0.3, 0.4) is 0 Å². The quantitative estimate of drug-likeness (QED) is 0.619. The second-order valence-electron chi connectivity index (χ2n) is 7.29. The molecule has 0 N–H and O–H groups in total. The minimum atomic E-state index is -3.31. The zero-order chi connectivity index (χ0) is 20.3. The van der Waals surface area contributed by atoms with E-state index in [1.165, 1.54) is 0 Å². The van der Waals surface area contributed by atoms with Gasteiger partial charge in [-0.1, -0.05) is 48.0 Å². The second-order valence-corrected chi connectivity index (χ2v) is 9.26. The minimum Gasteiger partial charge on any atom is -0.419 e. The molecule has 1 saturated heterocycles. The topological polar surface area (TPSA) is 79.5 Å². The number of sulfonamides is 1. The van der Waals surface area contributed by atoms with Crippen molar-refractivity contribution in [1.82, 2.24) is 19.4 Å². The number of rotatable bonds is 6. The molecule has 1 fully saturated rings. The third kappa shape index (κ3) is 4.90. The van der Waals surface area contributed by atoms with Gasteiger partial charge in [-0.25, -0.2) is 8.42 Å². The molecule has 1 aliphatic heterocycles. The molecule has 3 aromatic rings. The van der Waals surface area contributed by atoms with Gasteiger partial charge in [0, 0.05) is 31.7 Å². The molecule has 0 amide bonds. The first-order valence-electron chi connectivity index (χ1n) is 9.63. The molecule has 0 radical (unpaired) electrons. The summed E-state index contributed by atoms with van der Waals surface area (Å²) in [6.45, 7) is 4.74. The van der Waals surface area contributed by atoms with Crippen molar-refractivity contribution < 1.29 is 12.8 Å². The molecule has 0 saturated carbocycles. The van der Waals surface area contributed by atoms with Crippen LogP contribution in [0.1, 0.15) is 17.0 Å². The van der Waals surface area contributed by atoms with E-state index in [1.54, 1.807) is 4.31 Å². The summed E-state index contributed by atoms with van der Waals surface area (Å²) in [5.74, 6) is 1.09. The number of aromatic nitrogens is 2. The lowest BCUT2D eigenvalue weighted by Gasteiger charge is -2.33. The van der Waals surface area contributed by atoms with Crippen molar-refractivity contribution in [2.75, 3.05) is 26.2 Å². The van der Waals surface area contributed by atoms with Gasteiger partial charge >= 0.3 is 0 Å². The van der Waals surface area contributed by atoms with Crippen molar-refractivity contribution >= 4 is 10.0 Å². The largest absolute Gasteiger partial charge is 0.419 e. The molecule has 152 valence electrons. The molecule has 2 aromatic carbocycles. The van der Waals surface area contributed by atoms with Gasteiger partial charge in [-0.3, -0.25) is 4.90 Å². The summed E-state index contributed by atoms with van der Waals surface area (Å²) in [6.07, 6.45) is 0. The fourth-order valence-electron chi connectivity index (χ4n) is 3.45. The van der Waals surface area contributed by atoms with E-state index in [1.807, 2.05) is 61.5 Å². The van der Waals surface area contributed by atoms with Gasteiger partial charge in [0.2, 0.25) is 21.8 Å². The van der Waals surface area contributed by atoms with E-state index < -0.39 is 10.0 Å². The van der Waals surface area contributed by atoms with Crippen molar-refractivity contribution in [3.8, 4) is 11.5 Å². The lowest BCUT2D eigenvalue weighted by Crippen LogP contribution is -2.48. The predicted octanol–water partition coefficient (Wildman–Crippen LogP) is 2.69. The Balaban J connectivity index is 1.33. The van der Waals surface area contributed by atoms with E-state index in [-0.39, 0.29) is 5.75 Å². The SMILES string of the molecule is Cc1cccc(-c2nnc(CN3CCN(S(=O)(=O)Cc4ccccc4)CC3)o2)c1. The van der Waals surface area contributed by atoms with Crippen LogP contribution in [-0.4, -0.2) is 54.0 Å². The Bertz CT molecular complexity index is 1060. The zero-order valence-corrected chi connectivity index (χ0v) is 17.2. The first-order chi connectivity index (χ1) is 14.0. The van der Waals surface area contributed by atoms with E-state index in [0.29, 0.717) is 44.5 Å². The van der Waals surface area contributed by atoms with E-state index in [0.717, 1.165) is 16.7 Å². The van der Waals surface area contributed by atoms with Gasteiger partial charge in [0.1, 0.15) is 0 Å². The van der Waals surface area contributed by atoms with Crippen LogP contribution in [0.4, 0.5) is 0 Å². The number of benzene rings is 2. The highest BCUT2D eigenvalue weighted by Crippen LogP contribution is 2.20. The van der Waals surface area contributed by atoms with Gasteiger partial charge in [-0.2, -0.15) is 4.31 Å². The van der Waals surface area contributed by atoms with Crippen molar-refractivity contribution in [2.24, 2.45) is 0 Å².